The van der Waals surface area contributed by atoms with Gasteiger partial charge in [0.1, 0.15) is 11.5 Å². The van der Waals surface area contributed by atoms with Crippen LogP contribution in [0.5, 0.6) is 0 Å². The normalized spacial score (nSPS) is 13.8. The molecule has 3 amide bonds. The van der Waals surface area contributed by atoms with Gasteiger partial charge in [-0.05, 0) is 37.8 Å². The van der Waals surface area contributed by atoms with E-state index < -0.39 is 0 Å². The summed E-state index contributed by atoms with van der Waals surface area (Å²) in [7, 11) is 0. The SMILES string of the molecule is CCCCN(C(C)=O)c1c(CC)nc2ccc(C(=O)NCCCN3CCCC3=O)cn12. The summed E-state index contributed by atoms with van der Waals surface area (Å²) in [6, 6.07) is 3.58. The van der Waals surface area contributed by atoms with Crippen LogP contribution in [0, 0.1) is 0 Å². The lowest BCUT2D eigenvalue weighted by atomic mass is 10.2. The van der Waals surface area contributed by atoms with E-state index in [1.807, 2.05) is 22.3 Å². The fourth-order valence-electron chi connectivity index (χ4n) is 3.98. The second-order valence-electron chi connectivity index (χ2n) is 8.00. The first-order valence-corrected chi connectivity index (χ1v) is 11.3. The molecule has 0 radical (unpaired) electrons. The highest BCUT2D eigenvalue weighted by atomic mass is 16.2. The van der Waals surface area contributed by atoms with Gasteiger partial charge in [-0.25, -0.2) is 4.98 Å². The molecule has 1 aliphatic heterocycles. The number of anilines is 1. The van der Waals surface area contributed by atoms with Gasteiger partial charge in [0.25, 0.3) is 5.91 Å². The second-order valence-corrected chi connectivity index (χ2v) is 8.00. The van der Waals surface area contributed by atoms with Gasteiger partial charge in [-0.15, -0.1) is 0 Å². The number of rotatable bonds is 10. The number of carbonyl (C=O) groups excluding carboxylic acids is 3. The lowest BCUT2D eigenvalue weighted by Crippen LogP contribution is -2.32. The Labute approximate surface area is 183 Å². The van der Waals surface area contributed by atoms with E-state index in [1.54, 1.807) is 24.1 Å². The number of hydrogen-bond acceptors (Lipinski definition) is 4. The van der Waals surface area contributed by atoms with Crippen molar-refractivity contribution < 1.29 is 14.4 Å². The minimum Gasteiger partial charge on any atom is -0.352 e. The molecule has 0 aromatic carbocycles. The van der Waals surface area contributed by atoms with Gasteiger partial charge >= 0.3 is 0 Å². The van der Waals surface area contributed by atoms with Gasteiger partial charge in [-0.2, -0.15) is 0 Å². The first kappa shape index (κ1) is 22.8. The summed E-state index contributed by atoms with van der Waals surface area (Å²) in [5.41, 5.74) is 2.09. The maximum Gasteiger partial charge on any atom is 0.252 e. The molecule has 0 aliphatic carbocycles. The predicted octanol–water partition coefficient (Wildman–Crippen LogP) is 2.79. The number of unbranched alkanes of at least 4 members (excludes halogenated alkanes) is 1. The van der Waals surface area contributed by atoms with Crippen LogP contribution in [0.15, 0.2) is 18.3 Å². The molecule has 0 unspecified atom stereocenters. The molecule has 8 heteroatoms. The largest absolute Gasteiger partial charge is 0.352 e. The van der Waals surface area contributed by atoms with Crippen molar-refractivity contribution in [1.82, 2.24) is 19.6 Å². The maximum absolute atomic E-state index is 12.7. The predicted molar refractivity (Wildman–Crippen MR) is 120 cm³/mol. The van der Waals surface area contributed by atoms with E-state index in [2.05, 4.69) is 17.2 Å². The van der Waals surface area contributed by atoms with Gasteiger partial charge in [0.15, 0.2) is 0 Å². The number of aryl methyl sites for hydroxylation is 1. The van der Waals surface area contributed by atoms with Crippen LogP contribution in [0.25, 0.3) is 5.65 Å². The molecule has 3 heterocycles. The zero-order valence-corrected chi connectivity index (χ0v) is 18.8. The quantitative estimate of drug-likeness (QED) is 0.591. The van der Waals surface area contributed by atoms with Crippen LogP contribution in [-0.4, -0.2) is 58.2 Å². The molecular formula is C23H33N5O3. The highest BCUT2D eigenvalue weighted by Crippen LogP contribution is 2.25. The third-order valence-electron chi connectivity index (χ3n) is 5.69. The summed E-state index contributed by atoms with van der Waals surface area (Å²) in [4.78, 5) is 45.0. The van der Waals surface area contributed by atoms with Crippen molar-refractivity contribution in [3.8, 4) is 0 Å². The van der Waals surface area contributed by atoms with Crippen molar-refractivity contribution in [2.24, 2.45) is 0 Å². The van der Waals surface area contributed by atoms with Crippen LogP contribution in [0.3, 0.4) is 0 Å². The molecule has 1 N–H and O–H groups in total. The smallest absolute Gasteiger partial charge is 0.252 e. The van der Waals surface area contributed by atoms with E-state index in [0.717, 1.165) is 49.4 Å². The molecule has 1 saturated heterocycles. The second kappa shape index (κ2) is 10.4. The van der Waals surface area contributed by atoms with Crippen molar-refractivity contribution in [2.45, 2.75) is 59.3 Å². The van der Waals surface area contributed by atoms with Gasteiger partial charge in [0.2, 0.25) is 11.8 Å². The first-order chi connectivity index (χ1) is 15.0. The number of aromatic nitrogens is 2. The average molecular weight is 428 g/mol. The Hall–Kier alpha value is -2.90. The molecule has 0 bridgehead atoms. The Bertz CT molecular complexity index is 952. The molecule has 0 spiro atoms. The van der Waals surface area contributed by atoms with Crippen LogP contribution in [0.4, 0.5) is 5.82 Å². The zero-order chi connectivity index (χ0) is 22.4. The molecule has 31 heavy (non-hydrogen) atoms. The Balaban J connectivity index is 1.75. The minimum atomic E-state index is -0.171. The number of pyridine rings is 1. The van der Waals surface area contributed by atoms with Gasteiger partial charge in [0.05, 0.1) is 11.3 Å². The summed E-state index contributed by atoms with van der Waals surface area (Å²) >= 11 is 0. The van der Waals surface area contributed by atoms with Crippen molar-refractivity contribution in [3.05, 3.63) is 29.6 Å². The number of fused-ring (bicyclic) bond motifs is 1. The van der Waals surface area contributed by atoms with E-state index >= 15 is 0 Å². The van der Waals surface area contributed by atoms with Gasteiger partial charge in [-0.1, -0.05) is 20.3 Å². The molecule has 0 atom stereocenters. The summed E-state index contributed by atoms with van der Waals surface area (Å²) in [6.45, 7) is 8.30. The van der Waals surface area contributed by atoms with Crippen molar-refractivity contribution in [2.75, 3.05) is 31.1 Å². The number of nitrogens with zero attached hydrogens (tertiary/aromatic N) is 4. The maximum atomic E-state index is 12.7. The number of nitrogens with one attached hydrogen (secondary N) is 1. The third-order valence-corrected chi connectivity index (χ3v) is 5.69. The molecule has 168 valence electrons. The first-order valence-electron chi connectivity index (χ1n) is 11.3. The van der Waals surface area contributed by atoms with Crippen molar-refractivity contribution >= 4 is 29.2 Å². The highest BCUT2D eigenvalue weighted by molar-refractivity contribution is 5.95. The molecule has 2 aromatic rings. The lowest BCUT2D eigenvalue weighted by Gasteiger charge is -2.21. The van der Waals surface area contributed by atoms with Crippen molar-refractivity contribution in [3.63, 3.8) is 0 Å². The topological polar surface area (TPSA) is 87.0 Å². The number of likely N-dealkylation sites (tertiary alicyclic amines) is 1. The minimum absolute atomic E-state index is 0.0312. The number of hydrogen-bond donors (Lipinski definition) is 1. The van der Waals surface area contributed by atoms with Gasteiger partial charge < -0.3 is 10.2 Å². The number of carbonyl (C=O) groups is 3. The van der Waals surface area contributed by atoms with E-state index in [9.17, 15) is 14.4 Å². The fraction of sp³-hybridized carbons (Fsp3) is 0.565. The van der Waals surface area contributed by atoms with Crippen LogP contribution in [0.1, 0.15) is 68.9 Å². The van der Waals surface area contributed by atoms with E-state index in [0.29, 0.717) is 38.0 Å². The third kappa shape index (κ3) is 5.24. The highest BCUT2D eigenvalue weighted by Gasteiger charge is 2.22. The molecule has 2 aromatic heterocycles. The summed E-state index contributed by atoms with van der Waals surface area (Å²) in [5.74, 6) is 0.751. The molecule has 0 saturated carbocycles. The van der Waals surface area contributed by atoms with Crippen LogP contribution < -0.4 is 10.2 Å². The van der Waals surface area contributed by atoms with E-state index in [4.69, 9.17) is 0 Å². The Morgan fingerprint density at radius 1 is 1.23 bits per heavy atom. The van der Waals surface area contributed by atoms with Crippen molar-refractivity contribution in [1.29, 1.82) is 0 Å². The molecule has 3 rings (SSSR count). The van der Waals surface area contributed by atoms with E-state index in [-0.39, 0.29) is 17.7 Å². The van der Waals surface area contributed by atoms with Crippen LogP contribution in [-0.2, 0) is 16.0 Å². The fourth-order valence-corrected chi connectivity index (χ4v) is 3.98. The monoisotopic (exact) mass is 427 g/mol. The Kier molecular flexibility index (Phi) is 7.65. The average Bonchev–Trinajstić information content (AvgIpc) is 3.33. The van der Waals surface area contributed by atoms with Crippen LogP contribution >= 0.6 is 0 Å². The lowest BCUT2D eigenvalue weighted by molar-refractivity contribution is -0.127. The molecule has 1 fully saturated rings. The standard InChI is InChI=1S/C23H33N5O3/c1-4-6-15-27(17(3)29)23-19(5-2)25-20-11-10-18(16-28(20)23)22(31)24-12-8-14-26-13-7-9-21(26)30/h10-11,16H,4-9,12-15H2,1-3H3,(H,24,31). The summed E-state index contributed by atoms with van der Waals surface area (Å²) < 4.78 is 1.85. The Morgan fingerprint density at radius 2 is 2.03 bits per heavy atom. The number of amides is 3. The Morgan fingerprint density at radius 3 is 2.68 bits per heavy atom. The van der Waals surface area contributed by atoms with E-state index in [1.165, 1.54) is 0 Å². The van der Waals surface area contributed by atoms with Crippen LogP contribution in [0.2, 0.25) is 0 Å². The summed E-state index contributed by atoms with van der Waals surface area (Å²) in [5, 5.41) is 2.94. The molecular weight excluding hydrogens is 394 g/mol. The molecule has 1 aliphatic rings. The number of imidazole rings is 1. The van der Waals surface area contributed by atoms with Gasteiger partial charge in [-0.3, -0.25) is 23.7 Å². The molecule has 8 nitrogen and oxygen atoms in total. The zero-order valence-electron chi connectivity index (χ0n) is 18.8. The van der Waals surface area contributed by atoms with Gasteiger partial charge in [0, 0.05) is 45.7 Å². The summed E-state index contributed by atoms with van der Waals surface area (Å²) in [6.07, 6.45) is 6.63.